The topological polar surface area (TPSA) is 58.6 Å². The van der Waals surface area contributed by atoms with Crippen molar-refractivity contribution in [3.63, 3.8) is 0 Å². The van der Waals surface area contributed by atoms with Gasteiger partial charge in [0.1, 0.15) is 5.75 Å². The molecule has 0 aliphatic rings. The molecular formula is C16H14F3NO3. The molecule has 2 aromatic carbocycles. The molecule has 4 nitrogen and oxygen atoms in total. The largest absolute Gasteiger partial charge is 0.508 e. The molecule has 0 bridgehead atoms. The first-order valence-electron chi connectivity index (χ1n) is 6.62. The van der Waals surface area contributed by atoms with E-state index < -0.39 is 23.5 Å². The lowest BCUT2D eigenvalue weighted by molar-refractivity contribution is -0.137. The zero-order chi connectivity index (χ0) is 17.0. The predicted octanol–water partition coefficient (Wildman–Crippen LogP) is 3.81. The number of halogens is 3. The van der Waals surface area contributed by atoms with Gasteiger partial charge in [-0.3, -0.25) is 0 Å². The molecule has 7 heteroatoms. The molecule has 0 heterocycles. The predicted molar refractivity (Wildman–Crippen MR) is 78.2 cm³/mol. The second-order valence-corrected chi connectivity index (χ2v) is 4.77. The zero-order valence-electron chi connectivity index (χ0n) is 12.1. The minimum atomic E-state index is -4.59. The van der Waals surface area contributed by atoms with Crippen molar-refractivity contribution in [2.24, 2.45) is 0 Å². The number of alkyl halides is 3. The van der Waals surface area contributed by atoms with Crippen LogP contribution in [0.15, 0.2) is 42.5 Å². The van der Waals surface area contributed by atoms with E-state index in [0.717, 1.165) is 6.07 Å². The third kappa shape index (κ3) is 4.15. The normalized spacial score (nSPS) is 11.1. The van der Waals surface area contributed by atoms with Gasteiger partial charge in [-0.2, -0.15) is 13.2 Å². The molecule has 0 fully saturated rings. The minimum Gasteiger partial charge on any atom is -0.508 e. The number of carbonyl (C=O) groups excluding carboxylic acids is 1. The van der Waals surface area contributed by atoms with Gasteiger partial charge in [-0.05, 0) is 35.9 Å². The van der Waals surface area contributed by atoms with E-state index in [4.69, 9.17) is 0 Å². The van der Waals surface area contributed by atoms with Crippen LogP contribution in [-0.2, 0) is 17.5 Å². The fraction of sp³-hybridized carbons (Fsp3) is 0.188. The molecule has 0 atom stereocenters. The molecule has 23 heavy (non-hydrogen) atoms. The number of esters is 1. The summed E-state index contributed by atoms with van der Waals surface area (Å²) < 4.78 is 43.5. The van der Waals surface area contributed by atoms with E-state index in [1.807, 2.05) is 0 Å². The van der Waals surface area contributed by atoms with Gasteiger partial charge in [-0.15, -0.1) is 0 Å². The van der Waals surface area contributed by atoms with Gasteiger partial charge in [0.15, 0.2) is 0 Å². The summed E-state index contributed by atoms with van der Waals surface area (Å²) in [5.41, 5.74) is -0.178. The summed E-state index contributed by atoms with van der Waals surface area (Å²) in [5.74, 6) is -0.983. The van der Waals surface area contributed by atoms with E-state index in [2.05, 4.69) is 10.1 Å². The van der Waals surface area contributed by atoms with Crippen molar-refractivity contribution in [2.45, 2.75) is 12.7 Å². The maximum Gasteiger partial charge on any atom is 0.418 e. The van der Waals surface area contributed by atoms with Crippen LogP contribution >= 0.6 is 0 Å². The fourth-order valence-corrected chi connectivity index (χ4v) is 2.04. The van der Waals surface area contributed by atoms with Crippen molar-refractivity contribution in [2.75, 3.05) is 12.4 Å². The SMILES string of the molecule is COC(=O)c1cccc(CNc2ccc(O)cc2C(F)(F)F)c1. The number of anilines is 1. The Morgan fingerprint density at radius 3 is 2.61 bits per heavy atom. The molecule has 2 aromatic rings. The molecule has 122 valence electrons. The molecular weight excluding hydrogens is 311 g/mol. The monoisotopic (exact) mass is 325 g/mol. The van der Waals surface area contributed by atoms with Crippen LogP contribution in [0.25, 0.3) is 0 Å². The van der Waals surface area contributed by atoms with Crippen LogP contribution in [0.5, 0.6) is 5.75 Å². The highest BCUT2D eigenvalue weighted by atomic mass is 19.4. The summed E-state index contributed by atoms with van der Waals surface area (Å²) >= 11 is 0. The molecule has 2 rings (SSSR count). The lowest BCUT2D eigenvalue weighted by atomic mass is 10.1. The van der Waals surface area contributed by atoms with Crippen molar-refractivity contribution in [3.05, 3.63) is 59.2 Å². The van der Waals surface area contributed by atoms with Gasteiger partial charge in [0, 0.05) is 12.2 Å². The first-order chi connectivity index (χ1) is 10.8. The van der Waals surface area contributed by atoms with E-state index in [1.54, 1.807) is 18.2 Å². The summed E-state index contributed by atoms with van der Waals surface area (Å²) in [4.78, 5) is 11.4. The summed E-state index contributed by atoms with van der Waals surface area (Å²) in [6.45, 7) is 0.0820. The van der Waals surface area contributed by atoms with Gasteiger partial charge >= 0.3 is 12.1 Å². The maximum atomic E-state index is 13.0. The third-order valence-electron chi connectivity index (χ3n) is 3.14. The first kappa shape index (κ1) is 16.7. The quantitative estimate of drug-likeness (QED) is 0.663. The number of rotatable bonds is 4. The molecule has 2 N–H and O–H groups in total. The van der Waals surface area contributed by atoms with E-state index >= 15 is 0 Å². The van der Waals surface area contributed by atoms with Crippen molar-refractivity contribution in [1.82, 2.24) is 0 Å². The lowest BCUT2D eigenvalue weighted by Crippen LogP contribution is -2.11. The van der Waals surface area contributed by atoms with Gasteiger partial charge in [-0.1, -0.05) is 12.1 Å². The standard InChI is InChI=1S/C16H14F3NO3/c1-23-15(22)11-4-2-3-10(7-11)9-20-14-6-5-12(21)8-13(14)16(17,18)19/h2-8,20-21H,9H2,1H3. The van der Waals surface area contributed by atoms with Crippen LogP contribution in [0, 0.1) is 0 Å². The molecule has 0 aliphatic heterocycles. The van der Waals surface area contributed by atoms with E-state index in [-0.39, 0.29) is 12.2 Å². The molecule has 0 saturated heterocycles. The van der Waals surface area contributed by atoms with E-state index in [9.17, 15) is 23.1 Å². The maximum absolute atomic E-state index is 13.0. The van der Waals surface area contributed by atoms with E-state index in [0.29, 0.717) is 17.2 Å². The molecule has 0 amide bonds. The molecule has 0 radical (unpaired) electrons. The van der Waals surface area contributed by atoms with E-state index in [1.165, 1.54) is 19.2 Å². The molecule has 0 aliphatic carbocycles. The highest BCUT2D eigenvalue weighted by Gasteiger charge is 2.33. The number of hydrogen-bond acceptors (Lipinski definition) is 4. The first-order valence-corrected chi connectivity index (χ1v) is 6.62. The number of phenols is 1. The van der Waals surface area contributed by atoms with Crippen LogP contribution in [0.4, 0.5) is 18.9 Å². The average molecular weight is 325 g/mol. The highest BCUT2D eigenvalue weighted by Crippen LogP contribution is 2.37. The Kier molecular flexibility index (Phi) is 4.78. The third-order valence-corrected chi connectivity index (χ3v) is 3.14. The summed E-state index contributed by atoms with van der Waals surface area (Å²) in [7, 11) is 1.25. The van der Waals surface area contributed by atoms with Gasteiger partial charge in [0.25, 0.3) is 0 Å². The Labute approximate surface area is 130 Å². The number of aromatic hydroxyl groups is 1. The second-order valence-electron chi connectivity index (χ2n) is 4.77. The van der Waals surface area contributed by atoms with Crippen molar-refractivity contribution in [3.8, 4) is 5.75 Å². The average Bonchev–Trinajstić information content (AvgIpc) is 2.52. The Morgan fingerprint density at radius 2 is 1.96 bits per heavy atom. The van der Waals surface area contributed by atoms with Crippen molar-refractivity contribution < 1.29 is 27.8 Å². The number of benzene rings is 2. The number of nitrogens with one attached hydrogen (secondary N) is 1. The van der Waals surface area contributed by atoms with Gasteiger partial charge in [-0.25, -0.2) is 4.79 Å². The Hall–Kier alpha value is -2.70. The van der Waals surface area contributed by atoms with Crippen LogP contribution in [0.1, 0.15) is 21.5 Å². The van der Waals surface area contributed by atoms with Crippen molar-refractivity contribution >= 4 is 11.7 Å². The van der Waals surface area contributed by atoms with Gasteiger partial charge in [0.05, 0.1) is 18.2 Å². The van der Waals surface area contributed by atoms with Crippen LogP contribution < -0.4 is 5.32 Å². The summed E-state index contributed by atoms with van der Waals surface area (Å²) in [6.07, 6.45) is -4.59. The number of phenolic OH excluding ortho intramolecular Hbond substituents is 1. The fourth-order valence-electron chi connectivity index (χ4n) is 2.04. The minimum absolute atomic E-state index is 0.0820. The number of ether oxygens (including phenoxy) is 1. The Bertz CT molecular complexity index is 714. The molecule has 0 aromatic heterocycles. The number of hydrogen-bond donors (Lipinski definition) is 2. The Balaban J connectivity index is 2.20. The number of methoxy groups -OCH3 is 1. The molecule has 0 spiro atoms. The Morgan fingerprint density at radius 1 is 1.22 bits per heavy atom. The van der Waals surface area contributed by atoms with Crippen LogP contribution in [0.2, 0.25) is 0 Å². The van der Waals surface area contributed by atoms with Crippen LogP contribution in [-0.4, -0.2) is 18.2 Å². The van der Waals surface area contributed by atoms with Gasteiger partial charge < -0.3 is 15.2 Å². The number of carbonyl (C=O) groups is 1. The zero-order valence-corrected chi connectivity index (χ0v) is 12.1. The summed E-state index contributed by atoms with van der Waals surface area (Å²) in [6, 6.07) is 9.36. The lowest BCUT2D eigenvalue weighted by Gasteiger charge is -2.15. The van der Waals surface area contributed by atoms with Crippen LogP contribution in [0.3, 0.4) is 0 Å². The molecule has 0 unspecified atom stereocenters. The molecule has 0 saturated carbocycles. The van der Waals surface area contributed by atoms with Gasteiger partial charge in [0.2, 0.25) is 0 Å². The second kappa shape index (κ2) is 6.60. The van der Waals surface area contributed by atoms with Crippen molar-refractivity contribution in [1.29, 1.82) is 0 Å². The summed E-state index contributed by atoms with van der Waals surface area (Å²) in [5, 5.41) is 11.9. The highest BCUT2D eigenvalue weighted by molar-refractivity contribution is 5.89. The smallest absolute Gasteiger partial charge is 0.418 e.